The van der Waals surface area contributed by atoms with Gasteiger partial charge in [0.25, 0.3) is 5.91 Å². The summed E-state index contributed by atoms with van der Waals surface area (Å²) in [6.07, 6.45) is 4.04. The quantitative estimate of drug-likeness (QED) is 0.904. The standard InChI is InChI=1S/C18H19FN2O3S/c1-18(6-7-25(23,24)12-18)21-17(22)15-9-14(10-20-11-15)8-13-2-4-16(19)5-3-13/h2-5,9-11H,6-8,12H2,1H3,(H,21,22)/t18-/m1/s1. The van der Waals surface area contributed by atoms with Crippen molar-refractivity contribution in [3.05, 3.63) is 65.2 Å². The molecule has 1 atom stereocenters. The lowest BCUT2D eigenvalue weighted by atomic mass is 10.0. The molecule has 1 aliphatic heterocycles. The first kappa shape index (κ1) is 17.5. The summed E-state index contributed by atoms with van der Waals surface area (Å²) >= 11 is 0. The number of amides is 1. The van der Waals surface area contributed by atoms with Gasteiger partial charge in [0.15, 0.2) is 9.84 Å². The summed E-state index contributed by atoms with van der Waals surface area (Å²) in [5, 5.41) is 2.82. The van der Waals surface area contributed by atoms with Gasteiger partial charge in [-0.2, -0.15) is 0 Å². The van der Waals surface area contributed by atoms with E-state index in [1.54, 1.807) is 31.3 Å². The van der Waals surface area contributed by atoms with Gasteiger partial charge in [0, 0.05) is 12.4 Å². The number of carbonyl (C=O) groups excluding carboxylic acids is 1. The van der Waals surface area contributed by atoms with E-state index in [9.17, 15) is 17.6 Å². The Balaban J connectivity index is 1.72. The van der Waals surface area contributed by atoms with E-state index in [2.05, 4.69) is 10.3 Å². The van der Waals surface area contributed by atoms with Gasteiger partial charge in [-0.1, -0.05) is 12.1 Å². The molecular formula is C18H19FN2O3S. The minimum absolute atomic E-state index is 0.0472. The number of hydrogen-bond donors (Lipinski definition) is 1. The van der Waals surface area contributed by atoms with Crippen molar-refractivity contribution < 1.29 is 17.6 Å². The second-order valence-electron chi connectivity index (χ2n) is 6.74. The monoisotopic (exact) mass is 362 g/mol. The van der Waals surface area contributed by atoms with E-state index in [1.807, 2.05) is 0 Å². The van der Waals surface area contributed by atoms with Crippen molar-refractivity contribution in [1.29, 1.82) is 0 Å². The zero-order valence-electron chi connectivity index (χ0n) is 13.8. The molecule has 5 nitrogen and oxygen atoms in total. The molecule has 0 unspecified atom stereocenters. The third-order valence-corrected chi connectivity index (χ3v) is 6.20. The fourth-order valence-corrected chi connectivity index (χ4v) is 5.09. The van der Waals surface area contributed by atoms with Crippen molar-refractivity contribution in [2.75, 3.05) is 11.5 Å². The molecule has 0 radical (unpaired) electrons. The van der Waals surface area contributed by atoms with E-state index in [1.165, 1.54) is 18.3 Å². The number of carbonyl (C=O) groups is 1. The third kappa shape index (κ3) is 4.42. The lowest BCUT2D eigenvalue weighted by Crippen LogP contribution is -2.46. The average molecular weight is 362 g/mol. The summed E-state index contributed by atoms with van der Waals surface area (Å²) in [6, 6.07) is 7.87. The first-order valence-corrected chi connectivity index (χ1v) is 9.78. The lowest BCUT2D eigenvalue weighted by molar-refractivity contribution is 0.0915. The van der Waals surface area contributed by atoms with Crippen LogP contribution in [0.2, 0.25) is 0 Å². The summed E-state index contributed by atoms with van der Waals surface area (Å²) in [6.45, 7) is 1.74. The number of hydrogen-bond acceptors (Lipinski definition) is 4. The number of halogens is 1. The van der Waals surface area contributed by atoms with E-state index < -0.39 is 15.4 Å². The normalized spacial score (nSPS) is 21.8. The molecule has 1 aromatic heterocycles. The second kappa shape index (κ2) is 6.55. The molecule has 0 saturated carbocycles. The van der Waals surface area contributed by atoms with Crippen LogP contribution in [0.4, 0.5) is 4.39 Å². The highest BCUT2D eigenvalue weighted by atomic mass is 32.2. The van der Waals surface area contributed by atoms with Crippen molar-refractivity contribution in [2.45, 2.75) is 25.3 Å². The van der Waals surface area contributed by atoms with Gasteiger partial charge in [0.2, 0.25) is 0 Å². The number of sulfone groups is 1. The maximum Gasteiger partial charge on any atom is 0.253 e. The van der Waals surface area contributed by atoms with Gasteiger partial charge in [-0.05, 0) is 49.1 Å². The van der Waals surface area contributed by atoms with Gasteiger partial charge in [-0.15, -0.1) is 0 Å². The van der Waals surface area contributed by atoms with Crippen molar-refractivity contribution in [3.63, 3.8) is 0 Å². The highest BCUT2D eigenvalue weighted by molar-refractivity contribution is 7.91. The second-order valence-corrected chi connectivity index (χ2v) is 8.93. The molecule has 1 amide bonds. The summed E-state index contributed by atoms with van der Waals surface area (Å²) in [5.41, 5.74) is 1.37. The molecule has 0 spiro atoms. The number of nitrogens with zero attached hydrogens (tertiary/aromatic N) is 1. The van der Waals surface area contributed by atoms with E-state index in [0.717, 1.165) is 11.1 Å². The molecular weight excluding hydrogens is 343 g/mol. The molecule has 2 aromatic rings. The number of nitrogens with one attached hydrogen (secondary N) is 1. The zero-order chi connectivity index (χ0) is 18.1. The minimum atomic E-state index is -3.10. The topological polar surface area (TPSA) is 76.1 Å². The molecule has 1 aromatic carbocycles. The smallest absolute Gasteiger partial charge is 0.253 e. The van der Waals surface area contributed by atoms with Crippen LogP contribution in [-0.4, -0.2) is 36.4 Å². The van der Waals surface area contributed by atoms with E-state index in [4.69, 9.17) is 0 Å². The lowest BCUT2D eigenvalue weighted by Gasteiger charge is -2.23. The molecule has 0 bridgehead atoms. The fraction of sp³-hybridized carbons (Fsp3) is 0.333. The van der Waals surface area contributed by atoms with Gasteiger partial charge >= 0.3 is 0 Å². The summed E-state index contributed by atoms with van der Waals surface area (Å²) in [7, 11) is -3.10. The first-order chi connectivity index (χ1) is 11.7. The molecule has 1 N–H and O–H groups in total. The highest BCUT2D eigenvalue weighted by Crippen LogP contribution is 2.23. The van der Waals surface area contributed by atoms with Crippen LogP contribution in [0, 0.1) is 5.82 Å². The van der Waals surface area contributed by atoms with Gasteiger partial charge < -0.3 is 5.32 Å². The summed E-state index contributed by atoms with van der Waals surface area (Å²) < 4.78 is 36.3. The van der Waals surface area contributed by atoms with E-state index >= 15 is 0 Å². The molecule has 0 aliphatic carbocycles. The van der Waals surface area contributed by atoms with Gasteiger partial charge in [0.05, 0.1) is 22.6 Å². The SMILES string of the molecule is C[C@@]1(NC(=O)c2cncc(Cc3ccc(F)cc3)c2)CCS(=O)(=O)C1. The molecule has 1 saturated heterocycles. The predicted octanol–water partition coefficient (Wildman–Crippen LogP) is 2.12. The Labute approximate surface area is 146 Å². The third-order valence-electron chi connectivity index (χ3n) is 4.30. The van der Waals surface area contributed by atoms with Crippen LogP contribution in [0.5, 0.6) is 0 Å². The maximum absolute atomic E-state index is 13.0. The molecule has 7 heteroatoms. The van der Waals surface area contributed by atoms with E-state index in [-0.39, 0.29) is 23.2 Å². The van der Waals surface area contributed by atoms with Crippen LogP contribution < -0.4 is 5.32 Å². The number of benzene rings is 1. The van der Waals surface area contributed by atoms with Crippen molar-refractivity contribution in [1.82, 2.24) is 10.3 Å². The molecule has 132 valence electrons. The predicted molar refractivity (Wildman–Crippen MR) is 92.6 cm³/mol. The fourth-order valence-electron chi connectivity index (χ4n) is 3.00. The van der Waals surface area contributed by atoms with Crippen LogP contribution in [0.1, 0.15) is 34.8 Å². The Morgan fingerprint density at radius 3 is 2.60 bits per heavy atom. The van der Waals surface area contributed by atoms with Crippen molar-refractivity contribution in [2.24, 2.45) is 0 Å². The minimum Gasteiger partial charge on any atom is -0.346 e. The average Bonchev–Trinajstić information content (AvgIpc) is 2.83. The Bertz CT molecular complexity index is 897. The van der Waals surface area contributed by atoms with Gasteiger partial charge in [0.1, 0.15) is 5.82 Å². The van der Waals surface area contributed by atoms with Crippen LogP contribution in [-0.2, 0) is 16.3 Å². The van der Waals surface area contributed by atoms with Crippen LogP contribution in [0.3, 0.4) is 0 Å². The summed E-state index contributed by atoms with van der Waals surface area (Å²) in [4.78, 5) is 16.6. The molecule has 1 aliphatic rings. The number of aromatic nitrogens is 1. The Hall–Kier alpha value is -2.28. The van der Waals surface area contributed by atoms with E-state index in [0.29, 0.717) is 18.4 Å². The van der Waals surface area contributed by atoms with Crippen LogP contribution >= 0.6 is 0 Å². The highest BCUT2D eigenvalue weighted by Gasteiger charge is 2.39. The molecule has 25 heavy (non-hydrogen) atoms. The number of pyridine rings is 1. The van der Waals surface area contributed by atoms with Crippen molar-refractivity contribution in [3.8, 4) is 0 Å². The molecule has 3 rings (SSSR count). The largest absolute Gasteiger partial charge is 0.346 e. The first-order valence-electron chi connectivity index (χ1n) is 7.96. The molecule has 2 heterocycles. The van der Waals surface area contributed by atoms with Gasteiger partial charge in [-0.3, -0.25) is 9.78 Å². The Kier molecular flexibility index (Phi) is 4.60. The van der Waals surface area contributed by atoms with Crippen LogP contribution in [0.15, 0.2) is 42.7 Å². The Morgan fingerprint density at radius 1 is 1.24 bits per heavy atom. The number of rotatable bonds is 4. The maximum atomic E-state index is 13.0. The van der Waals surface area contributed by atoms with Crippen LogP contribution in [0.25, 0.3) is 0 Å². The summed E-state index contributed by atoms with van der Waals surface area (Å²) in [5.74, 6) is -0.594. The van der Waals surface area contributed by atoms with Gasteiger partial charge in [-0.25, -0.2) is 12.8 Å². The van der Waals surface area contributed by atoms with Crippen molar-refractivity contribution >= 4 is 15.7 Å². The molecule has 1 fully saturated rings. The zero-order valence-corrected chi connectivity index (χ0v) is 14.6. The Morgan fingerprint density at radius 2 is 1.96 bits per heavy atom.